The summed E-state index contributed by atoms with van der Waals surface area (Å²) in [7, 11) is -3.33. The number of rotatable bonds is 3. The Labute approximate surface area is 95.2 Å². The van der Waals surface area contributed by atoms with Crippen LogP contribution < -0.4 is 5.32 Å². The molecule has 0 bridgehead atoms. The molecule has 1 aromatic heterocycles. The molecular formula is C10H15N3O2S. The van der Waals surface area contributed by atoms with Crippen molar-refractivity contribution >= 4 is 9.84 Å². The van der Waals surface area contributed by atoms with Crippen molar-refractivity contribution in [3.8, 4) is 0 Å². The normalized spacial score (nSPS) is 15.4. The highest BCUT2D eigenvalue weighted by atomic mass is 32.2. The Morgan fingerprint density at radius 3 is 2.88 bits per heavy atom. The van der Waals surface area contributed by atoms with Gasteiger partial charge in [-0.1, -0.05) is 13.8 Å². The molecule has 0 spiro atoms. The lowest BCUT2D eigenvalue weighted by molar-refractivity contribution is 0.572. The van der Waals surface area contributed by atoms with Crippen LogP contribution in [0, 0.1) is 5.92 Å². The van der Waals surface area contributed by atoms with Gasteiger partial charge in [0.15, 0.2) is 0 Å². The second-order valence-electron chi connectivity index (χ2n) is 4.40. The van der Waals surface area contributed by atoms with Gasteiger partial charge in [0.1, 0.15) is 0 Å². The summed E-state index contributed by atoms with van der Waals surface area (Å²) >= 11 is 0. The molecule has 1 N–H and O–H groups in total. The topological polar surface area (TPSA) is 72.0 Å². The van der Waals surface area contributed by atoms with Crippen molar-refractivity contribution in [3.05, 3.63) is 17.5 Å². The van der Waals surface area contributed by atoms with E-state index < -0.39 is 9.84 Å². The predicted molar refractivity (Wildman–Crippen MR) is 59.5 cm³/mol. The van der Waals surface area contributed by atoms with Gasteiger partial charge in [-0.2, -0.15) is 0 Å². The second-order valence-corrected chi connectivity index (χ2v) is 6.33. The molecule has 0 saturated carbocycles. The molecule has 0 unspecified atom stereocenters. The fraction of sp³-hybridized carbons (Fsp3) is 0.600. The molecule has 0 saturated heterocycles. The third-order valence-corrected chi connectivity index (χ3v) is 4.23. The Bertz CT molecular complexity index is 497. The van der Waals surface area contributed by atoms with E-state index in [0.29, 0.717) is 6.54 Å². The molecule has 0 aromatic carbocycles. The van der Waals surface area contributed by atoms with Crippen LogP contribution in [-0.2, 0) is 22.9 Å². The number of aromatic nitrogens is 2. The molecule has 1 aromatic rings. The van der Waals surface area contributed by atoms with E-state index in [9.17, 15) is 8.42 Å². The first kappa shape index (κ1) is 11.5. The van der Waals surface area contributed by atoms with Crippen LogP contribution in [0.25, 0.3) is 0 Å². The van der Waals surface area contributed by atoms with Gasteiger partial charge in [-0.25, -0.2) is 18.4 Å². The number of fused-ring (bicyclic) bond motifs is 1. The Kier molecular flexibility index (Phi) is 2.94. The minimum absolute atomic E-state index is 0.0383. The van der Waals surface area contributed by atoms with Crippen molar-refractivity contribution in [2.75, 3.05) is 5.75 Å². The highest BCUT2D eigenvalue weighted by Crippen LogP contribution is 2.15. The molecule has 6 heteroatoms. The average Bonchev–Trinajstić information content (AvgIpc) is 2.61. The van der Waals surface area contributed by atoms with Crippen molar-refractivity contribution in [1.82, 2.24) is 15.3 Å². The first-order valence-electron chi connectivity index (χ1n) is 5.27. The van der Waals surface area contributed by atoms with E-state index in [0.717, 1.165) is 17.8 Å². The minimum Gasteiger partial charge on any atom is -0.307 e. The van der Waals surface area contributed by atoms with Crippen molar-refractivity contribution in [2.45, 2.75) is 32.1 Å². The van der Waals surface area contributed by atoms with Gasteiger partial charge < -0.3 is 5.32 Å². The first-order valence-corrected chi connectivity index (χ1v) is 6.92. The van der Waals surface area contributed by atoms with Crippen LogP contribution in [0.3, 0.4) is 0 Å². The molecule has 5 nitrogen and oxygen atoms in total. The lowest BCUT2D eigenvalue weighted by Crippen LogP contribution is -2.15. The van der Waals surface area contributed by atoms with Crippen molar-refractivity contribution < 1.29 is 8.42 Å². The van der Waals surface area contributed by atoms with E-state index >= 15 is 0 Å². The molecule has 0 radical (unpaired) electrons. The Hall–Kier alpha value is -1.01. The Morgan fingerprint density at radius 1 is 1.44 bits per heavy atom. The highest BCUT2D eigenvalue weighted by molar-refractivity contribution is 7.91. The summed E-state index contributed by atoms with van der Waals surface area (Å²) in [5.74, 6) is 0.180. The molecule has 16 heavy (non-hydrogen) atoms. The van der Waals surface area contributed by atoms with Gasteiger partial charge in [-0.15, -0.1) is 0 Å². The standard InChI is InChI=1S/C10H15N3O2S/c1-7(2)6-16(14,15)10-12-4-8-3-11-5-9(8)13-10/h4,7,11H,3,5-6H2,1-2H3. The molecule has 0 fully saturated rings. The van der Waals surface area contributed by atoms with Crippen LogP contribution in [0.1, 0.15) is 25.1 Å². The smallest absolute Gasteiger partial charge is 0.247 e. The van der Waals surface area contributed by atoms with E-state index in [4.69, 9.17) is 0 Å². The monoisotopic (exact) mass is 241 g/mol. The van der Waals surface area contributed by atoms with Crippen LogP contribution >= 0.6 is 0 Å². The molecular weight excluding hydrogens is 226 g/mol. The fourth-order valence-corrected chi connectivity index (χ4v) is 3.19. The van der Waals surface area contributed by atoms with Crippen LogP contribution in [0.2, 0.25) is 0 Å². The van der Waals surface area contributed by atoms with E-state index in [1.54, 1.807) is 6.20 Å². The molecule has 2 heterocycles. The number of nitrogens with one attached hydrogen (secondary N) is 1. The minimum atomic E-state index is -3.33. The predicted octanol–water partition coefficient (Wildman–Crippen LogP) is 0.510. The molecule has 1 aliphatic heterocycles. The molecule has 1 aliphatic rings. The summed E-state index contributed by atoms with van der Waals surface area (Å²) in [5.41, 5.74) is 1.79. The maximum atomic E-state index is 11.9. The van der Waals surface area contributed by atoms with Crippen LogP contribution in [0.5, 0.6) is 0 Å². The summed E-state index contributed by atoms with van der Waals surface area (Å²) in [4.78, 5) is 8.05. The second kappa shape index (κ2) is 4.10. The van der Waals surface area contributed by atoms with E-state index in [-0.39, 0.29) is 16.8 Å². The summed E-state index contributed by atoms with van der Waals surface area (Å²) in [6, 6.07) is 0. The summed E-state index contributed by atoms with van der Waals surface area (Å²) < 4.78 is 23.8. The van der Waals surface area contributed by atoms with Gasteiger partial charge in [0, 0.05) is 24.8 Å². The molecule has 2 rings (SSSR count). The quantitative estimate of drug-likeness (QED) is 0.781. The van der Waals surface area contributed by atoms with Crippen molar-refractivity contribution in [2.24, 2.45) is 5.92 Å². The third-order valence-electron chi connectivity index (χ3n) is 2.37. The Morgan fingerprint density at radius 2 is 2.19 bits per heavy atom. The van der Waals surface area contributed by atoms with Crippen LogP contribution in [-0.4, -0.2) is 24.1 Å². The van der Waals surface area contributed by atoms with Crippen molar-refractivity contribution in [3.63, 3.8) is 0 Å². The molecule has 0 aliphatic carbocycles. The van der Waals surface area contributed by atoms with E-state index in [1.165, 1.54) is 0 Å². The zero-order valence-electron chi connectivity index (χ0n) is 9.40. The third kappa shape index (κ3) is 2.22. The van der Waals surface area contributed by atoms with Crippen molar-refractivity contribution in [1.29, 1.82) is 0 Å². The van der Waals surface area contributed by atoms with E-state index in [2.05, 4.69) is 15.3 Å². The van der Waals surface area contributed by atoms with Gasteiger partial charge in [-0.3, -0.25) is 0 Å². The molecule has 0 atom stereocenters. The number of hydrogen-bond donors (Lipinski definition) is 1. The van der Waals surface area contributed by atoms with Gasteiger partial charge in [-0.05, 0) is 5.92 Å². The number of hydrogen-bond acceptors (Lipinski definition) is 5. The lowest BCUT2D eigenvalue weighted by Gasteiger charge is -2.06. The van der Waals surface area contributed by atoms with E-state index in [1.807, 2.05) is 13.8 Å². The fourth-order valence-electron chi connectivity index (χ4n) is 1.70. The maximum Gasteiger partial charge on any atom is 0.247 e. The lowest BCUT2D eigenvalue weighted by atomic mass is 10.3. The zero-order valence-corrected chi connectivity index (χ0v) is 10.2. The first-order chi connectivity index (χ1) is 7.49. The highest BCUT2D eigenvalue weighted by Gasteiger charge is 2.22. The molecule has 88 valence electrons. The largest absolute Gasteiger partial charge is 0.307 e. The van der Waals surface area contributed by atoms with Gasteiger partial charge in [0.2, 0.25) is 15.0 Å². The SMILES string of the molecule is CC(C)CS(=O)(=O)c1ncc2c(n1)CNC2. The zero-order chi connectivity index (χ0) is 11.8. The summed E-state index contributed by atoms with van der Waals surface area (Å²) in [6.45, 7) is 5.08. The van der Waals surface area contributed by atoms with Gasteiger partial charge >= 0.3 is 0 Å². The van der Waals surface area contributed by atoms with Crippen LogP contribution in [0.4, 0.5) is 0 Å². The maximum absolute atomic E-state index is 11.9. The number of sulfone groups is 1. The Balaban J connectivity index is 2.34. The summed E-state index contributed by atoms with van der Waals surface area (Å²) in [5, 5.41) is 3.07. The van der Waals surface area contributed by atoms with Crippen LogP contribution in [0.15, 0.2) is 11.4 Å². The van der Waals surface area contributed by atoms with Gasteiger partial charge in [0.25, 0.3) is 0 Å². The van der Waals surface area contributed by atoms with Gasteiger partial charge in [0.05, 0.1) is 11.4 Å². The number of nitrogens with zero attached hydrogens (tertiary/aromatic N) is 2. The average molecular weight is 241 g/mol. The molecule has 0 amide bonds. The summed E-state index contributed by atoms with van der Waals surface area (Å²) in [6.07, 6.45) is 1.61.